The Kier molecular flexibility index (Phi) is 4.79. The molecule has 5 nitrogen and oxygen atoms in total. The first-order valence-electron chi connectivity index (χ1n) is 10.4. The predicted octanol–water partition coefficient (Wildman–Crippen LogP) is 5.44. The van der Waals surface area contributed by atoms with Gasteiger partial charge in [-0.1, -0.05) is 66.2 Å². The number of anilines is 1. The first kappa shape index (κ1) is 19.7. The minimum absolute atomic E-state index is 0.0816. The van der Waals surface area contributed by atoms with Crippen molar-refractivity contribution in [2.75, 3.05) is 5.01 Å². The molecule has 1 aliphatic heterocycles. The van der Waals surface area contributed by atoms with Crippen molar-refractivity contribution in [2.45, 2.75) is 13.8 Å². The van der Waals surface area contributed by atoms with Crippen LogP contribution in [0.5, 0.6) is 0 Å². The van der Waals surface area contributed by atoms with Gasteiger partial charge in [-0.05, 0) is 31.2 Å². The number of amides is 1. The van der Waals surface area contributed by atoms with Gasteiger partial charge >= 0.3 is 0 Å². The number of benzene rings is 3. The van der Waals surface area contributed by atoms with E-state index in [0.717, 1.165) is 27.6 Å². The van der Waals surface area contributed by atoms with Gasteiger partial charge < -0.3 is 0 Å². The second kappa shape index (κ2) is 7.78. The van der Waals surface area contributed by atoms with Crippen LogP contribution in [0.1, 0.15) is 28.4 Å². The summed E-state index contributed by atoms with van der Waals surface area (Å²) in [5.41, 5.74) is 5.39. The van der Waals surface area contributed by atoms with Crippen LogP contribution in [0.15, 0.2) is 95.7 Å². The van der Waals surface area contributed by atoms with Gasteiger partial charge in [-0.25, -0.2) is 0 Å². The minimum Gasteiger partial charge on any atom is -0.287 e. The largest absolute Gasteiger partial charge is 0.287 e. The third-order valence-electron chi connectivity index (χ3n) is 5.59. The average Bonchev–Trinajstić information content (AvgIpc) is 3.34. The van der Waals surface area contributed by atoms with Gasteiger partial charge in [0.05, 0.1) is 16.8 Å². The fourth-order valence-corrected chi connectivity index (χ4v) is 3.95. The maximum atomic E-state index is 13.5. The number of hydrogen-bond donors (Lipinski definition) is 0. The molecule has 0 atom stereocenters. The number of carbonyl (C=O) groups excluding carboxylic acids is 2. The van der Waals surface area contributed by atoms with Crippen LogP contribution in [0.2, 0.25) is 0 Å². The van der Waals surface area contributed by atoms with Crippen molar-refractivity contribution in [1.82, 2.24) is 4.57 Å². The summed E-state index contributed by atoms with van der Waals surface area (Å²) >= 11 is 0. The Labute approximate surface area is 185 Å². The highest BCUT2D eigenvalue weighted by molar-refractivity contribution is 6.37. The molecule has 2 heterocycles. The zero-order chi connectivity index (χ0) is 22.2. The first-order chi connectivity index (χ1) is 15.5. The van der Waals surface area contributed by atoms with E-state index in [-0.39, 0.29) is 11.8 Å². The van der Waals surface area contributed by atoms with Crippen LogP contribution in [0.25, 0.3) is 17.0 Å². The second-order valence-electron chi connectivity index (χ2n) is 7.82. The number of hydrazone groups is 1. The Morgan fingerprint density at radius 3 is 2.31 bits per heavy atom. The Balaban J connectivity index is 1.68. The molecule has 4 aromatic rings. The van der Waals surface area contributed by atoms with Gasteiger partial charge in [0, 0.05) is 29.6 Å². The molecule has 0 saturated heterocycles. The van der Waals surface area contributed by atoms with E-state index >= 15 is 0 Å². The third-order valence-corrected chi connectivity index (χ3v) is 5.59. The van der Waals surface area contributed by atoms with Crippen molar-refractivity contribution in [2.24, 2.45) is 5.10 Å². The molecule has 32 heavy (non-hydrogen) atoms. The lowest BCUT2D eigenvalue weighted by Gasteiger charge is -2.11. The van der Waals surface area contributed by atoms with E-state index in [0.29, 0.717) is 17.0 Å². The second-order valence-corrected chi connectivity index (χ2v) is 7.82. The molecule has 0 N–H and O–H groups in total. The molecule has 1 aliphatic rings. The van der Waals surface area contributed by atoms with Crippen LogP contribution in [0.4, 0.5) is 5.69 Å². The molecule has 0 saturated carbocycles. The smallest absolute Gasteiger partial charge is 0.281 e. The summed E-state index contributed by atoms with van der Waals surface area (Å²) < 4.78 is 1.61. The van der Waals surface area contributed by atoms with Gasteiger partial charge in [-0.2, -0.15) is 10.1 Å². The van der Waals surface area contributed by atoms with Crippen LogP contribution in [-0.4, -0.2) is 22.1 Å². The van der Waals surface area contributed by atoms with Crippen LogP contribution in [0.3, 0.4) is 0 Å². The summed E-state index contributed by atoms with van der Waals surface area (Å²) in [7, 11) is 0. The number of hydrogen-bond acceptors (Lipinski definition) is 3. The summed E-state index contributed by atoms with van der Waals surface area (Å²) in [6.45, 7) is 3.53. The molecule has 5 heteroatoms. The van der Waals surface area contributed by atoms with Crippen molar-refractivity contribution in [1.29, 1.82) is 0 Å². The third kappa shape index (κ3) is 3.34. The highest BCUT2D eigenvalue weighted by Gasteiger charge is 2.32. The highest BCUT2D eigenvalue weighted by Crippen LogP contribution is 2.30. The number of aromatic nitrogens is 1. The van der Waals surface area contributed by atoms with Crippen molar-refractivity contribution in [3.63, 3.8) is 0 Å². The minimum atomic E-state index is -0.202. The van der Waals surface area contributed by atoms with Crippen molar-refractivity contribution in [3.8, 4) is 0 Å². The molecule has 0 radical (unpaired) electrons. The van der Waals surface area contributed by atoms with Gasteiger partial charge in [-0.3, -0.25) is 14.2 Å². The molecular formula is C27H21N3O2. The number of rotatable bonds is 3. The normalized spacial score (nSPS) is 14.9. The lowest BCUT2D eigenvalue weighted by atomic mass is 10.00. The SMILES string of the molecule is CC(=O)n1cc(/C=C2\C(=O)N(c3ccc(C)cc3)N=C2c2ccccc2)c2ccccc21. The lowest BCUT2D eigenvalue weighted by Crippen LogP contribution is -2.21. The topological polar surface area (TPSA) is 54.7 Å². The van der Waals surface area contributed by atoms with E-state index in [9.17, 15) is 9.59 Å². The van der Waals surface area contributed by atoms with Crippen LogP contribution >= 0.6 is 0 Å². The van der Waals surface area contributed by atoms with Gasteiger partial charge in [0.25, 0.3) is 5.91 Å². The monoisotopic (exact) mass is 419 g/mol. The number of para-hydroxylation sites is 1. The Bertz CT molecular complexity index is 1410. The average molecular weight is 419 g/mol. The molecule has 156 valence electrons. The Morgan fingerprint density at radius 2 is 1.59 bits per heavy atom. The van der Waals surface area contributed by atoms with Gasteiger partial charge in [0.1, 0.15) is 5.71 Å². The molecule has 0 aliphatic carbocycles. The molecule has 1 amide bonds. The highest BCUT2D eigenvalue weighted by atomic mass is 16.2. The summed E-state index contributed by atoms with van der Waals surface area (Å²) in [6, 6.07) is 25.1. The Hall–Kier alpha value is -4.25. The van der Waals surface area contributed by atoms with Crippen LogP contribution in [0, 0.1) is 6.92 Å². The summed E-state index contributed by atoms with van der Waals surface area (Å²) in [5, 5.41) is 7.05. The summed E-state index contributed by atoms with van der Waals surface area (Å²) in [4.78, 5) is 25.7. The van der Waals surface area contributed by atoms with Crippen LogP contribution < -0.4 is 5.01 Å². The molecular weight excluding hydrogens is 398 g/mol. The number of nitrogens with zero attached hydrogens (tertiary/aromatic N) is 3. The van der Waals surface area contributed by atoms with E-state index in [1.165, 1.54) is 11.9 Å². The fourth-order valence-electron chi connectivity index (χ4n) is 3.95. The first-order valence-corrected chi connectivity index (χ1v) is 10.4. The lowest BCUT2D eigenvalue weighted by molar-refractivity contribution is -0.114. The van der Waals surface area contributed by atoms with E-state index in [1.807, 2.05) is 91.9 Å². The maximum absolute atomic E-state index is 13.5. The van der Waals surface area contributed by atoms with E-state index in [4.69, 9.17) is 5.10 Å². The van der Waals surface area contributed by atoms with Gasteiger partial charge in [0.2, 0.25) is 5.91 Å². The van der Waals surface area contributed by atoms with Gasteiger partial charge in [-0.15, -0.1) is 0 Å². The standard InChI is InChI=1S/C27H21N3O2/c1-18-12-14-22(15-13-18)30-27(32)24(26(28-30)20-8-4-3-5-9-20)16-21-17-29(19(2)31)25-11-7-6-10-23(21)25/h3-17H,1-2H3/b24-16-. The quantitative estimate of drug-likeness (QED) is 0.415. The number of carbonyl (C=O) groups is 2. The zero-order valence-corrected chi connectivity index (χ0v) is 17.8. The van der Waals surface area contributed by atoms with Crippen molar-refractivity contribution >= 4 is 40.2 Å². The zero-order valence-electron chi connectivity index (χ0n) is 17.8. The molecule has 0 spiro atoms. The molecule has 5 rings (SSSR count). The fraction of sp³-hybridized carbons (Fsp3) is 0.0741. The van der Waals surface area contributed by atoms with E-state index < -0.39 is 0 Å². The van der Waals surface area contributed by atoms with Crippen molar-refractivity contribution in [3.05, 3.63) is 107 Å². The Morgan fingerprint density at radius 1 is 0.906 bits per heavy atom. The molecule has 1 aromatic heterocycles. The van der Waals surface area contributed by atoms with E-state index in [1.54, 1.807) is 10.8 Å². The number of aryl methyl sites for hydroxylation is 1. The predicted molar refractivity (Wildman–Crippen MR) is 128 cm³/mol. The molecule has 0 unspecified atom stereocenters. The van der Waals surface area contributed by atoms with Gasteiger partial charge in [0.15, 0.2) is 0 Å². The number of fused-ring (bicyclic) bond motifs is 1. The summed E-state index contributed by atoms with van der Waals surface area (Å²) in [6.07, 6.45) is 3.62. The summed E-state index contributed by atoms with van der Waals surface area (Å²) in [5.74, 6) is -0.283. The molecule has 3 aromatic carbocycles. The van der Waals surface area contributed by atoms with E-state index in [2.05, 4.69) is 0 Å². The molecule has 0 fully saturated rings. The molecule has 0 bridgehead atoms. The maximum Gasteiger partial charge on any atom is 0.281 e. The van der Waals surface area contributed by atoms with Crippen molar-refractivity contribution < 1.29 is 9.59 Å². The van der Waals surface area contributed by atoms with Crippen LogP contribution in [-0.2, 0) is 4.79 Å².